The zero-order valence-electron chi connectivity index (χ0n) is 11.2. The number of benzene rings is 2. The van der Waals surface area contributed by atoms with Crippen LogP contribution in [0.1, 0.15) is 39.5 Å². The van der Waals surface area contributed by atoms with Crippen LogP contribution in [0.3, 0.4) is 0 Å². The Hall–Kier alpha value is -1.62. The van der Waals surface area contributed by atoms with Crippen LogP contribution in [0, 0.1) is 0 Å². The number of aryl methyl sites for hydroxylation is 1. The fourth-order valence-corrected chi connectivity index (χ4v) is 2.67. The van der Waals surface area contributed by atoms with Crippen LogP contribution in [-0.2, 0) is 17.8 Å². The van der Waals surface area contributed by atoms with Crippen LogP contribution in [-0.4, -0.2) is 17.2 Å². The predicted molar refractivity (Wildman–Crippen MR) is 89.5 cm³/mol. The summed E-state index contributed by atoms with van der Waals surface area (Å²) in [5.41, 5.74) is 4.23. The second-order valence-corrected chi connectivity index (χ2v) is 5.15. The molecule has 0 amide bonds. The molecule has 3 nitrogen and oxygen atoms in total. The van der Waals surface area contributed by atoms with Crippen molar-refractivity contribution in [1.29, 1.82) is 0 Å². The van der Waals surface area contributed by atoms with Gasteiger partial charge in [-0.05, 0) is 35.0 Å². The maximum atomic E-state index is 9.05. The molecule has 114 valence electrons. The molecule has 0 heterocycles. The van der Waals surface area contributed by atoms with E-state index in [0.29, 0.717) is 12.1 Å². The van der Waals surface area contributed by atoms with Gasteiger partial charge >= 0.3 is 7.12 Å². The molecule has 0 radical (unpaired) electrons. The first kappa shape index (κ1) is 15.8. The van der Waals surface area contributed by atoms with Crippen molar-refractivity contribution in [2.75, 3.05) is 0 Å². The van der Waals surface area contributed by atoms with E-state index in [9.17, 15) is 0 Å². The molecule has 1 atom stereocenters. The van der Waals surface area contributed by atoms with E-state index >= 15 is 0 Å². The Morgan fingerprint density at radius 1 is 1.10 bits per heavy atom. The molecule has 3 rings (SSSR count). The lowest BCUT2D eigenvalue weighted by Gasteiger charge is -2.13. The van der Waals surface area contributed by atoms with E-state index in [-0.39, 0.29) is 16.4 Å². The summed E-state index contributed by atoms with van der Waals surface area (Å²) in [5, 5.41) is 18.1. The Morgan fingerprint density at radius 3 is 2.52 bits per heavy atom. The van der Waals surface area contributed by atoms with Crippen molar-refractivity contribution in [3.8, 4) is 0 Å². The number of fused-ring (bicyclic) bond motifs is 1. The Kier molecular flexibility index (Phi) is 5.18. The van der Waals surface area contributed by atoms with Gasteiger partial charge in [-0.1, -0.05) is 56.0 Å². The average Bonchev–Trinajstić information content (AvgIpc) is 2.89. The van der Waals surface area contributed by atoms with Crippen molar-refractivity contribution < 1.29 is 17.6 Å². The molecule has 1 aliphatic carbocycles. The first-order valence-electron chi connectivity index (χ1n) is 6.88. The van der Waals surface area contributed by atoms with Gasteiger partial charge in [0.2, 0.25) is 0 Å². The summed E-state index contributed by atoms with van der Waals surface area (Å²) >= 11 is 0. The Morgan fingerprint density at radius 2 is 1.81 bits per heavy atom. The predicted octanol–water partition coefficient (Wildman–Crippen LogP) is 2.70. The highest BCUT2D eigenvalue weighted by Gasteiger charge is 2.22. The van der Waals surface area contributed by atoms with Gasteiger partial charge in [0.05, 0.1) is 12.7 Å². The molecular weight excluding hydrogens is 263 g/mol. The monoisotopic (exact) mass is 288 g/mol. The average molecular weight is 288 g/mol. The summed E-state index contributed by atoms with van der Waals surface area (Å²) < 4.78 is 5.99. The lowest BCUT2D eigenvalue weighted by molar-refractivity contribution is 0.0411. The maximum Gasteiger partial charge on any atom is 0.488 e. The Balaban J connectivity index is 0.00000161. The summed E-state index contributed by atoms with van der Waals surface area (Å²) in [4.78, 5) is 0. The van der Waals surface area contributed by atoms with Crippen LogP contribution in [0.2, 0.25) is 0 Å². The third-order valence-electron chi connectivity index (χ3n) is 3.81. The first-order chi connectivity index (χ1) is 9.74. The molecule has 0 saturated carbocycles. The summed E-state index contributed by atoms with van der Waals surface area (Å²) in [6, 6.07) is 15.6. The van der Waals surface area contributed by atoms with Gasteiger partial charge in [-0.15, -0.1) is 0 Å². The summed E-state index contributed by atoms with van der Waals surface area (Å²) in [7, 11) is -1.41. The molecule has 2 aromatic rings. The van der Waals surface area contributed by atoms with Crippen molar-refractivity contribution in [2.24, 2.45) is 0 Å². The highest BCUT2D eigenvalue weighted by atomic mass is 16.5. The van der Waals surface area contributed by atoms with Crippen LogP contribution >= 0.6 is 0 Å². The summed E-state index contributed by atoms with van der Waals surface area (Å²) in [6.45, 7) is 0.542. The molecule has 1 unspecified atom stereocenters. The van der Waals surface area contributed by atoms with Crippen LogP contribution in [0.15, 0.2) is 48.5 Å². The Labute approximate surface area is 129 Å². The molecule has 0 fully saturated rings. The van der Waals surface area contributed by atoms with Crippen molar-refractivity contribution in [3.63, 3.8) is 0 Å². The second-order valence-electron chi connectivity index (χ2n) is 5.15. The first-order valence-corrected chi connectivity index (χ1v) is 6.88. The minimum Gasteiger partial charge on any atom is -0.423 e. The van der Waals surface area contributed by atoms with E-state index in [2.05, 4.69) is 24.3 Å². The lowest BCUT2D eigenvalue weighted by Crippen LogP contribution is -2.29. The van der Waals surface area contributed by atoms with Crippen molar-refractivity contribution >= 4 is 12.6 Å². The fraction of sp³-hybridized carbons (Fsp3) is 0.294. The molecule has 0 aromatic heterocycles. The van der Waals surface area contributed by atoms with Gasteiger partial charge in [-0.3, -0.25) is 0 Å². The van der Waals surface area contributed by atoms with Gasteiger partial charge in [-0.2, -0.15) is 0 Å². The number of hydrogen-bond donors (Lipinski definition) is 2. The van der Waals surface area contributed by atoms with Gasteiger partial charge in [0.25, 0.3) is 0 Å². The topological polar surface area (TPSA) is 49.7 Å². The van der Waals surface area contributed by atoms with Crippen molar-refractivity contribution in [3.05, 3.63) is 65.2 Å². The molecule has 0 spiro atoms. The van der Waals surface area contributed by atoms with Crippen LogP contribution in [0.4, 0.5) is 0 Å². The van der Waals surface area contributed by atoms with Crippen molar-refractivity contribution in [1.82, 2.24) is 0 Å². The third kappa shape index (κ3) is 3.53. The second kappa shape index (κ2) is 6.90. The molecule has 2 N–H and O–H groups in total. The third-order valence-corrected chi connectivity index (χ3v) is 3.81. The zero-order chi connectivity index (χ0) is 13.9. The number of ether oxygens (including phenoxy) is 1. The van der Waals surface area contributed by atoms with E-state index in [4.69, 9.17) is 14.8 Å². The molecule has 2 aromatic carbocycles. The highest BCUT2D eigenvalue weighted by Crippen LogP contribution is 2.34. The van der Waals surface area contributed by atoms with E-state index in [0.717, 1.165) is 18.4 Å². The van der Waals surface area contributed by atoms with E-state index < -0.39 is 7.12 Å². The molecule has 1 aliphatic rings. The van der Waals surface area contributed by atoms with Gasteiger partial charge < -0.3 is 14.8 Å². The molecule has 0 aliphatic heterocycles. The van der Waals surface area contributed by atoms with Crippen LogP contribution in [0.5, 0.6) is 0 Å². The summed E-state index contributed by atoms with van der Waals surface area (Å²) in [6.07, 6.45) is 2.29. The fourth-order valence-electron chi connectivity index (χ4n) is 2.67. The number of hydrogen-bond acceptors (Lipinski definition) is 3. The number of rotatable bonds is 4. The molecule has 4 heteroatoms. The molecule has 21 heavy (non-hydrogen) atoms. The largest absolute Gasteiger partial charge is 0.488 e. The van der Waals surface area contributed by atoms with E-state index in [1.165, 1.54) is 11.1 Å². The van der Waals surface area contributed by atoms with Crippen LogP contribution < -0.4 is 5.46 Å². The molecule has 0 saturated heterocycles. The van der Waals surface area contributed by atoms with Crippen molar-refractivity contribution in [2.45, 2.75) is 33.0 Å². The van der Waals surface area contributed by atoms with Gasteiger partial charge in [0.1, 0.15) is 0 Å². The Bertz CT molecular complexity index is 591. The minimum absolute atomic E-state index is 0. The molecular formula is C17H25BO3. The lowest BCUT2D eigenvalue weighted by atomic mass is 9.80. The smallest absolute Gasteiger partial charge is 0.423 e. The van der Waals surface area contributed by atoms with Gasteiger partial charge in [-0.25, -0.2) is 0 Å². The van der Waals surface area contributed by atoms with Gasteiger partial charge in [0.15, 0.2) is 0 Å². The normalized spacial score (nSPS) is 16.2. The van der Waals surface area contributed by atoms with Crippen LogP contribution in [0.25, 0.3) is 0 Å². The minimum atomic E-state index is -1.41. The van der Waals surface area contributed by atoms with E-state index in [1.807, 2.05) is 12.1 Å². The SMILES string of the molecule is C.OB(O)c1ccc(COC2CCc3ccccc32)cc1.[HH].[HH]. The highest BCUT2D eigenvalue weighted by molar-refractivity contribution is 6.58. The zero-order valence-corrected chi connectivity index (χ0v) is 11.2. The maximum absolute atomic E-state index is 9.05. The van der Waals surface area contributed by atoms with Gasteiger partial charge in [0, 0.05) is 2.85 Å². The molecule has 0 bridgehead atoms. The van der Waals surface area contributed by atoms with E-state index in [1.54, 1.807) is 12.1 Å². The standard InChI is InChI=1S/C16H17BO3.CH4.2H2/c18-17(19)14-8-5-12(6-9-14)11-20-16-10-7-13-3-1-2-4-15(13)16;;;/h1-6,8-9,16,18-19H,7,10-11H2;1H4;2*1H. The summed E-state index contributed by atoms with van der Waals surface area (Å²) in [5.74, 6) is 0. The quantitative estimate of drug-likeness (QED) is 0.850.